The number of sulfonamides is 1. The maximum absolute atomic E-state index is 12.0. The van der Waals surface area contributed by atoms with Crippen LogP contribution in [0.2, 0.25) is 0 Å². The van der Waals surface area contributed by atoms with Crippen molar-refractivity contribution < 1.29 is 18.0 Å². The maximum atomic E-state index is 12.0. The van der Waals surface area contributed by atoms with Crippen LogP contribution in [-0.4, -0.2) is 31.5 Å². The second-order valence-electron chi connectivity index (χ2n) is 5.99. The van der Waals surface area contributed by atoms with Crippen LogP contribution < -0.4 is 10.0 Å². The van der Waals surface area contributed by atoms with Crippen molar-refractivity contribution >= 4 is 21.8 Å². The monoisotopic (exact) mass is 292 g/mol. The Morgan fingerprint density at radius 2 is 1.58 bits per heavy atom. The zero-order valence-electron chi connectivity index (χ0n) is 12.5. The van der Waals surface area contributed by atoms with E-state index in [9.17, 15) is 18.0 Å². The fourth-order valence-corrected chi connectivity index (χ4v) is 2.94. The number of amides is 2. The van der Waals surface area contributed by atoms with Crippen LogP contribution in [0, 0.1) is 5.41 Å². The van der Waals surface area contributed by atoms with Crippen molar-refractivity contribution in [2.75, 3.05) is 5.75 Å². The first kappa shape index (κ1) is 17.9. The first-order chi connectivity index (χ1) is 8.31. The van der Waals surface area contributed by atoms with Gasteiger partial charge in [-0.2, -0.15) is 0 Å². The summed E-state index contributed by atoms with van der Waals surface area (Å²) in [6, 6.07) is 0. The molecule has 0 rings (SSSR count). The van der Waals surface area contributed by atoms with E-state index in [0.29, 0.717) is 6.42 Å². The van der Waals surface area contributed by atoms with Crippen molar-refractivity contribution in [1.29, 1.82) is 0 Å². The Morgan fingerprint density at radius 1 is 1.11 bits per heavy atom. The number of hydrogen-bond acceptors (Lipinski definition) is 4. The molecule has 0 aromatic heterocycles. The van der Waals surface area contributed by atoms with Gasteiger partial charge in [-0.15, -0.1) is 0 Å². The average Bonchev–Trinajstić information content (AvgIpc) is 2.12. The van der Waals surface area contributed by atoms with Crippen molar-refractivity contribution in [2.45, 2.75) is 53.5 Å². The van der Waals surface area contributed by atoms with Crippen LogP contribution in [0.3, 0.4) is 0 Å². The zero-order valence-corrected chi connectivity index (χ0v) is 13.3. The molecule has 0 saturated carbocycles. The summed E-state index contributed by atoms with van der Waals surface area (Å²) in [5, 5.41) is 2.71. The molecule has 0 heterocycles. The predicted molar refractivity (Wildman–Crippen MR) is 73.9 cm³/mol. The number of carbonyl (C=O) groups is 2. The van der Waals surface area contributed by atoms with E-state index in [1.807, 2.05) is 11.6 Å². The van der Waals surface area contributed by atoms with E-state index in [1.54, 1.807) is 27.7 Å². The molecule has 0 radical (unpaired) electrons. The summed E-state index contributed by atoms with van der Waals surface area (Å²) in [6.45, 7) is 9.82. The topological polar surface area (TPSA) is 92.3 Å². The third-order valence-corrected chi connectivity index (χ3v) is 4.50. The Balaban J connectivity index is 4.83. The molecule has 0 saturated heterocycles. The van der Waals surface area contributed by atoms with E-state index in [-0.39, 0.29) is 11.7 Å². The van der Waals surface area contributed by atoms with Crippen LogP contribution in [0.5, 0.6) is 0 Å². The number of rotatable bonds is 6. The molecule has 0 aliphatic rings. The zero-order chi connectivity index (χ0) is 15.5. The van der Waals surface area contributed by atoms with E-state index in [4.69, 9.17) is 0 Å². The summed E-state index contributed by atoms with van der Waals surface area (Å²) in [5.74, 6) is -1.21. The third-order valence-electron chi connectivity index (χ3n) is 2.80. The Kier molecular flexibility index (Phi) is 5.55. The second-order valence-corrected chi connectivity index (χ2v) is 7.72. The number of hydrogen-bond donors (Lipinski definition) is 2. The summed E-state index contributed by atoms with van der Waals surface area (Å²) < 4.78 is 25.2. The van der Waals surface area contributed by atoms with Gasteiger partial charge in [0.25, 0.3) is 0 Å². The van der Waals surface area contributed by atoms with Gasteiger partial charge in [-0.25, -0.2) is 8.42 Å². The SMILES string of the molecule is CCC(C)(C)C(=O)NC(C)(C)CS(=O)(=O)NC(C)=O. The van der Waals surface area contributed by atoms with E-state index < -0.39 is 26.9 Å². The van der Waals surface area contributed by atoms with Gasteiger partial charge in [0.1, 0.15) is 0 Å². The van der Waals surface area contributed by atoms with Gasteiger partial charge < -0.3 is 5.32 Å². The lowest BCUT2D eigenvalue weighted by Crippen LogP contribution is -2.54. The summed E-state index contributed by atoms with van der Waals surface area (Å²) in [7, 11) is -3.75. The lowest BCUT2D eigenvalue weighted by molar-refractivity contribution is -0.131. The predicted octanol–water partition coefficient (Wildman–Crippen LogP) is 0.783. The highest BCUT2D eigenvalue weighted by atomic mass is 32.2. The molecule has 0 bridgehead atoms. The van der Waals surface area contributed by atoms with E-state index >= 15 is 0 Å². The van der Waals surface area contributed by atoms with Crippen LogP contribution >= 0.6 is 0 Å². The van der Waals surface area contributed by atoms with E-state index in [0.717, 1.165) is 6.92 Å². The van der Waals surface area contributed by atoms with Gasteiger partial charge in [-0.05, 0) is 20.3 Å². The van der Waals surface area contributed by atoms with Gasteiger partial charge in [0.2, 0.25) is 21.8 Å². The van der Waals surface area contributed by atoms with Gasteiger partial charge in [-0.3, -0.25) is 14.3 Å². The molecular formula is C12H24N2O4S. The van der Waals surface area contributed by atoms with Gasteiger partial charge in [0, 0.05) is 12.3 Å². The molecular weight excluding hydrogens is 268 g/mol. The van der Waals surface area contributed by atoms with Crippen LogP contribution in [0.1, 0.15) is 48.0 Å². The largest absolute Gasteiger partial charge is 0.350 e. The Labute approximate surface area is 115 Å². The van der Waals surface area contributed by atoms with E-state index in [1.165, 1.54) is 0 Å². The van der Waals surface area contributed by atoms with Gasteiger partial charge in [0.05, 0.1) is 11.3 Å². The normalized spacial score (nSPS) is 12.9. The Morgan fingerprint density at radius 3 is 1.95 bits per heavy atom. The summed E-state index contributed by atoms with van der Waals surface area (Å²) in [5.41, 5.74) is -1.51. The molecule has 0 fully saturated rings. The lowest BCUT2D eigenvalue weighted by Gasteiger charge is -2.31. The molecule has 2 N–H and O–H groups in total. The molecule has 0 aliphatic carbocycles. The van der Waals surface area contributed by atoms with Crippen LogP contribution in [0.4, 0.5) is 0 Å². The minimum absolute atomic E-state index is 0.210. The molecule has 7 heteroatoms. The number of nitrogens with one attached hydrogen (secondary N) is 2. The molecule has 0 aromatic carbocycles. The highest BCUT2D eigenvalue weighted by Crippen LogP contribution is 2.21. The maximum Gasteiger partial charge on any atom is 0.237 e. The third kappa shape index (κ3) is 6.56. The standard InChI is InChI=1S/C12H24N2O4S/c1-7-11(3,4)10(16)13-12(5,6)8-19(17,18)14-9(2)15/h7-8H2,1-6H3,(H,13,16)(H,14,15). The molecule has 0 unspecified atom stereocenters. The van der Waals surface area contributed by atoms with Crippen molar-refractivity contribution in [2.24, 2.45) is 5.41 Å². The molecule has 0 aliphatic heterocycles. The van der Waals surface area contributed by atoms with E-state index in [2.05, 4.69) is 5.32 Å². The highest BCUT2D eigenvalue weighted by molar-refractivity contribution is 7.90. The molecule has 2 amide bonds. The molecule has 0 atom stereocenters. The smallest absolute Gasteiger partial charge is 0.237 e. The number of carbonyl (C=O) groups excluding carboxylic acids is 2. The van der Waals surface area contributed by atoms with Crippen molar-refractivity contribution in [1.82, 2.24) is 10.0 Å². The second kappa shape index (κ2) is 5.90. The van der Waals surface area contributed by atoms with Crippen molar-refractivity contribution in [3.8, 4) is 0 Å². The van der Waals surface area contributed by atoms with Crippen LogP contribution in [0.15, 0.2) is 0 Å². The lowest BCUT2D eigenvalue weighted by atomic mass is 9.88. The van der Waals surface area contributed by atoms with Crippen LogP contribution in [0.25, 0.3) is 0 Å². The average molecular weight is 292 g/mol. The Bertz CT molecular complexity index is 452. The first-order valence-corrected chi connectivity index (χ1v) is 7.80. The molecule has 0 spiro atoms. The van der Waals surface area contributed by atoms with Crippen LogP contribution in [-0.2, 0) is 19.6 Å². The van der Waals surface area contributed by atoms with Gasteiger partial charge >= 0.3 is 0 Å². The fraction of sp³-hybridized carbons (Fsp3) is 0.833. The minimum Gasteiger partial charge on any atom is -0.350 e. The van der Waals surface area contributed by atoms with Crippen molar-refractivity contribution in [3.63, 3.8) is 0 Å². The van der Waals surface area contributed by atoms with Crippen molar-refractivity contribution in [3.05, 3.63) is 0 Å². The molecule has 19 heavy (non-hydrogen) atoms. The van der Waals surface area contributed by atoms with Gasteiger partial charge in [0.15, 0.2) is 0 Å². The quantitative estimate of drug-likeness (QED) is 0.757. The highest BCUT2D eigenvalue weighted by Gasteiger charge is 2.33. The molecule has 6 nitrogen and oxygen atoms in total. The molecule has 0 aromatic rings. The first-order valence-electron chi connectivity index (χ1n) is 6.15. The fourth-order valence-electron chi connectivity index (χ4n) is 1.40. The summed E-state index contributed by atoms with van der Waals surface area (Å²) in [4.78, 5) is 22.8. The summed E-state index contributed by atoms with van der Waals surface area (Å²) >= 11 is 0. The minimum atomic E-state index is -3.75. The van der Waals surface area contributed by atoms with Gasteiger partial charge in [-0.1, -0.05) is 20.8 Å². The Hall–Kier alpha value is -1.11. The molecule has 112 valence electrons. The summed E-state index contributed by atoms with van der Waals surface area (Å²) in [6.07, 6.45) is 0.646.